The van der Waals surface area contributed by atoms with Crippen LogP contribution in [0.5, 0.6) is 0 Å². The first-order valence-electron chi connectivity index (χ1n) is 10.00. The summed E-state index contributed by atoms with van der Waals surface area (Å²) in [5, 5.41) is 14.4. The van der Waals surface area contributed by atoms with Crippen molar-refractivity contribution in [3.63, 3.8) is 0 Å². The van der Waals surface area contributed by atoms with Crippen LogP contribution in [0.4, 0.5) is 0 Å². The number of hydrogen-bond acceptors (Lipinski definition) is 6. The molecule has 5 N–H and O–H groups in total. The Balaban J connectivity index is 2.83. The van der Waals surface area contributed by atoms with Gasteiger partial charge in [-0.25, -0.2) is 4.79 Å². The van der Waals surface area contributed by atoms with Gasteiger partial charge in [-0.3, -0.25) is 14.4 Å². The lowest BCUT2D eigenvalue weighted by atomic mass is 10.0. The summed E-state index contributed by atoms with van der Waals surface area (Å²) in [5.74, 6) is -2.48. The number of likely N-dealkylation sites (tertiary alicyclic amines) is 1. The largest absolute Gasteiger partial charge is 0.480 e. The molecule has 0 aromatic rings. The Morgan fingerprint density at radius 3 is 2.28 bits per heavy atom. The van der Waals surface area contributed by atoms with E-state index in [1.807, 2.05) is 13.8 Å². The van der Waals surface area contributed by atoms with Crippen LogP contribution in [0, 0.1) is 11.8 Å². The zero-order valence-electron chi connectivity index (χ0n) is 17.6. The van der Waals surface area contributed by atoms with Crippen molar-refractivity contribution >= 4 is 36.3 Å². The van der Waals surface area contributed by atoms with Crippen LogP contribution in [0.1, 0.15) is 47.0 Å². The van der Waals surface area contributed by atoms with Crippen LogP contribution in [-0.2, 0) is 19.2 Å². The highest BCUT2D eigenvalue weighted by molar-refractivity contribution is 7.80. The lowest BCUT2D eigenvalue weighted by molar-refractivity contribution is -0.145. The van der Waals surface area contributed by atoms with Crippen LogP contribution in [0.3, 0.4) is 0 Å². The van der Waals surface area contributed by atoms with Crippen molar-refractivity contribution in [3.8, 4) is 0 Å². The van der Waals surface area contributed by atoms with Gasteiger partial charge < -0.3 is 26.4 Å². The molecule has 1 aliphatic rings. The standard InChI is InChI=1S/C19H34N4O5S/c1-10(2)8-12(20)16(24)21-13(9-29)18(26)23-7-5-6-14(23)17(25)22-15(11(3)4)19(27)28/h10-15,29H,5-9,20H2,1-4H3,(H,21,24)(H,22,25)(H,27,28). The Morgan fingerprint density at radius 2 is 1.79 bits per heavy atom. The lowest BCUT2D eigenvalue weighted by Crippen LogP contribution is -2.57. The zero-order valence-corrected chi connectivity index (χ0v) is 18.4. The van der Waals surface area contributed by atoms with Gasteiger partial charge in [-0.1, -0.05) is 27.7 Å². The fourth-order valence-corrected chi connectivity index (χ4v) is 3.59. The predicted molar refractivity (Wildman–Crippen MR) is 112 cm³/mol. The highest BCUT2D eigenvalue weighted by Gasteiger charge is 2.39. The van der Waals surface area contributed by atoms with E-state index in [1.54, 1.807) is 13.8 Å². The Hall–Kier alpha value is -1.81. The van der Waals surface area contributed by atoms with Gasteiger partial charge in [0.15, 0.2) is 0 Å². The normalized spacial score (nSPS) is 19.7. The maximum absolute atomic E-state index is 13.0. The number of rotatable bonds is 10. The van der Waals surface area contributed by atoms with Crippen LogP contribution < -0.4 is 16.4 Å². The van der Waals surface area contributed by atoms with Gasteiger partial charge >= 0.3 is 5.97 Å². The van der Waals surface area contributed by atoms with E-state index in [4.69, 9.17) is 5.73 Å². The van der Waals surface area contributed by atoms with Crippen molar-refractivity contribution in [3.05, 3.63) is 0 Å². The molecule has 9 nitrogen and oxygen atoms in total. The minimum absolute atomic E-state index is 0.0631. The van der Waals surface area contributed by atoms with Crippen molar-refractivity contribution < 1.29 is 24.3 Å². The lowest BCUT2D eigenvalue weighted by Gasteiger charge is -2.30. The number of amides is 3. The third-order valence-electron chi connectivity index (χ3n) is 4.93. The number of carbonyl (C=O) groups is 4. The molecule has 3 amide bonds. The second-order valence-electron chi connectivity index (χ2n) is 8.24. The molecule has 10 heteroatoms. The topological polar surface area (TPSA) is 142 Å². The number of aliphatic carboxylic acids is 1. The summed E-state index contributed by atoms with van der Waals surface area (Å²) in [7, 11) is 0. The van der Waals surface area contributed by atoms with E-state index in [2.05, 4.69) is 23.3 Å². The van der Waals surface area contributed by atoms with E-state index in [1.165, 1.54) is 4.90 Å². The highest BCUT2D eigenvalue weighted by atomic mass is 32.1. The Morgan fingerprint density at radius 1 is 1.17 bits per heavy atom. The molecule has 29 heavy (non-hydrogen) atoms. The van der Waals surface area contributed by atoms with Gasteiger partial charge in [-0.15, -0.1) is 0 Å². The second kappa shape index (κ2) is 11.4. The molecule has 0 spiro atoms. The van der Waals surface area contributed by atoms with E-state index in [0.717, 1.165) is 0 Å². The summed E-state index contributed by atoms with van der Waals surface area (Å²) in [6, 6.07) is -3.44. The molecule has 0 aromatic heterocycles. The molecule has 0 saturated carbocycles. The third kappa shape index (κ3) is 7.18. The quantitative estimate of drug-likeness (QED) is 0.309. The molecule has 4 atom stereocenters. The van der Waals surface area contributed by atoms with Crippen LogP contribution in [0.15, 0.2) is 0 Å². The van der Waals surface area contributed by atoms with E-state index >= 15 is 0 Å². The monoisotopic (exact) mass is 430 g/mol. The SMILES string of the molecule is CC(C)CC(N)C(=O)NC(CS)C(=O)N1CCCC1C(=O)NC(C(=O)O)C(C)C. The van der Waals surface area contributed by atoms with Crippen molar-refractivity contribution in [2.45, 2.75) is 71.1 Å². The van der Waals surface area contributed by atoms with Crippen molar-refractivity contribution in [1.29, 1.82) is 0 Å². The number of nitrogens with two attached hydrogens (primary N) is 1. The van der Waals surface area contributed by atoms with Crippen molar-refractivity contribution in [1.82, 2.24) is 15.5 Å². The molecule has 0 bridgehead atoms. The average molecular weight is 431 g/mol. The third-order valence-corrected chi connectivity index (χ3v) is 5.29. The average Bonchev–Trinajstić information content (AvgIpc) is 3.11. The summed E-state index contributed by atoms with van der Waals surface area (Å²) in [4.78, 5) is 50.6. The minimum atomic E-state index is -1.12. The minimum Gasteiger partial charge on any atom is -0.480 e. The second-order valence-corrected chi connectivity index (χ2v) is 8.60. The molecule has 1 fully saturated rings. The van der Waals surface area contributed by atoms with Crippen LogP contribution >= 0.6 is 12.6 Å². The Labute approximate surface area is 177 Å². The molecular weight excluding hydrogens is 396 g/mol. The zero-order chi connectivity index (χ0) is 22.3. The number of nitrogens with zero attached hydrogens (tertiary/aromatic N) is 1. The summed E-state index contributed by atoms with van der Waals surface area (Å²) in [5.41, 5.74) is 5.88. The number of thiol groups is 1. The molecule has 1 aliphatic heterocycles. The smallest absolute Gasteiger partial charge is 0.326 e. The molecule has 0 aromatic carbocycles. The van der Waals surface area contributed by atoms with E-state index in [9.17, 15) is 24.3 Å². The maximum atomic E-state index is 13.0. The van der Waals surface area contributed by atoms with Gasteiger partial charge in [0.1, 0.15) is 18.1 Å². The van der Waals surface area contributed by atoms with Gasteiger partial charge in [0, 0.05) is 12.3 Å². The van der Waals surface area contributed by atoms with Crippen molar-refractivity contribution in [2.75, 3.05) is 12.3 Å². The molecule has 1 rings (SSSR count). The molecule has 1 saturated heterocycles. The molecular formula is C19H34N4O5S. The van der Waals surface area contributed by atoms with Crippen LogP contribution in [-0.4, -0.2) is 70.2 Å². The van der Waals surface area contributed by atoms with Crippen LogP contribution in [0.25, 0.3) is 0 Å². The number of hydrogen-bond donors (Lipinski definition) is 5. The van der Waals surface area contributed by atoms with Crippen LogP contribution in [0.2, 0.25) is 0 Å². The highest BCUT2D eigenvalue weighted by Crippen LogP contribution is 2.20. The summed E-state index contributed by atoms with van der Waals surface area (Å²) in [6.07, 6.45) is 1.53. The molecule has 4 unspecified atom stereocenters. The molecule has 0 aliphatic carbocycles. The number of carboxylic acids is 1. The van der Waals surface area contributed by atoms with E-state index in [-0.39, 0.29) is 17.6 Å². The van der Waals surface area contributed by atoms with Gasteiger partial charge in [0.05, 0.1) is 6.04 Å². The van der Waals surface area contributed by atoms with Gasteiger partial charge in [-0.2, -0.15) is 12.6 Å². The number of carbonyl (C=O) groups excluding carboxylic acids is 3. The maximum Gasteiger partial charge on any atom is 0.326 e. The fourth-order valence-electron chi connectivity index (χ4n) is 3.35. The van der Waals surface area contributed by atoms with Gasteiger partial charge in [0.2, 0.25) is 17.7 Å². The number of nitrogens with one attached hydrogen (secondary N) is 2. The first-order valence-corrected chi connectivity index (χ1v) is 10.6. The summed E-state index contributed by atoms with van der Waals surface area (Å²) >= 11 is 4.17. The van der Waals surface area contributed by atoms with E-state index < -0.39 is 47.9 Å². The van der Waals surface area contributed by atoms with Gasteiger partial charge in [0.25, 0.3) is 0 Å². The first-order chi connectivity index (χ1) is 13.5. The fraction of sp³-hybridized carbons (Fsp3) is 0.789. The Bertz CT molecular complexity index is 613. The predicted octanol–water partition coefficient (Wildman–Crippen LogP) is -0.00920. The summed E-state index contributed by atoms with van der Waals surface area (Å²) < 4.78 is 0. The van der Waals surface area contributed by atoms with E-state index in [0.29, 0.717) is 25.8 Å². The van der Waals surface area contributed by atoms with Crippen molar-refractivity contribution in [2.24, 2.45) is 17.6 Å². The molecule has 166 valence electrons. The Kier molecular flexibility index (Phi) is 9.91. The van der Waals surface area contributed by atoms with Gasteiger partial charge in [-0.05, 0) is 31.1 Å². The first kappa shape index (κ1) is 25.2. The molecule has 0 radical (unpaired) electrons. The summed E-state index contributed by atoms with van der Waals surface area (Å²) in [6.45, 7) is 7.65. The number of carboxylic acid groups (broad SMARTS) is 1. The molecule has 1 heterocycles.